The van der Waals surface area contributed by atoms with Gasteiger partial charge in [-0.05, 0) is 20.8 Å². The van der Waals surface area contributed by atoms with Gasteiger partial charge in [-0.3, -0.25) is 14.2 Å². The minimum absolute atomic E-state index is 0.202. The Bertz CT molecular complexity index is 529. The Morgan fingerprint density at radius 2 is 2.11 bits per heavy atom. The number of carboxylic acid groups (broad SMARTS) is 1. The van der Waals surface area contributed by atoms with Crippen LogP contribution in [0.5, 0.6) is 0 Å². The lowest BCUT2D eigenvalue weighted by Gasteiger charge is -2.20. The number of nitrogens with one attached hydrogen (secondary N) is 2. The van der Waals surface area contributed by atoms with Gasteiger partial charge in [-0.2, -0.15) is 18.2 Å². The predicted molar refractivity (Wildman–Crippen MR) is 65.3 cm³/mol. The van der Waals surface area contributed by atoms with Crippen LogP contribution in [-0.2, 0) is 21.5 Å². The van der Waals surface area contributed by atoms with E-state index in [2.05, 4.69) is 14.5 Å². The molecule has 1 rings (SSSR count). The number of hydrogen-bond acceptors (Lipinski definition) is 4. The molecular formula is C9H16N4O4S. The Kier molecular flexibility index (Phi) is 3.97. The number of anilines is 1. The van der Waals surface area contributed by atoms with Crippen molar-refractivity contribution in [2.75, 3.05) is 4.72 Å². The van der Waals surface area contributed by atoms with E-state index in [0.29, 0.717) is 0 Å². The molecule has 18 heavy (non-hydrogen) atoms. The highest BCUT2D eigenvalue weighted by Gasteiger charge is 2.20. The van der Waals surface area contributed by atoms with Gasteiger partial charge in [0.25, 0.3) is 10.2 Å². The zero-order valence-electron chi connectivity index (χ0n) is 10.3. The first-order valence-corrected chi connectivity index (χ1v) is 6.62. The fourth-order valence-electron chi connectivity index (χ4n) is 1.23. The molecule has 102 valence electrons. The minimum Gasteiger partial charge on any atom is -0.480 e. The fraction of sp³-hybridized carbons (Fsp3) is 0.556. The number of nitrogens with zero attached hydrogens (tertiary/aromatic N) is 2. The number of aromatic nitrogens is 2. The van der Waals surface area contributed by atoms with Crippen LogP contribution in [0.15, 0.2) is 12.4 Å². The third-order valence-corrected chi connectivity index (χ3v) is 3.01. The molecule has 0 unspecified atom stereocenters. The zero-order chi connectivity index (χ0) is 14.0. The maximum atomic E-state index is 11.7. The van der Waals surface area contributed by atoms with Gasteiger partial charge in [0.15, 0.2) is 0 Å². The Morgan fingerprint density at radius 3 is 2.61 bits per heavy atom. The highest BCUT2D eigenvalue weighted by atomic mass is 32.2. The van der Waals surface area contributed by atoms with E-state index in [0.717, 1.165) is 4.68 Å². The molecule has 0 saturated heterocycles. The number of carbonyl (C=O) groups is 1. The Morgan fingerprint density at radius 1 is 1.50 bits per heavy atom. The summed E-state index contributed by atoms with van der Waals surface area (Å²) in [7, 11) is -3.71. The van der Waals surface area contributed by atoms with Crippen LogP contribution in [0, 0.1) is 0 Å². The molecule has 0 fully saturated rings. The van der Waals surface area contributed by atoms with Crippen molar-refractivity contribution in [1.29, 1.82) is 0 Å². The van der Waals surface area contributed by atoms with Gasteiger partial charge in [-0.15, -0.1) is 0 Å². The van der Waals surface area contributed by atoms with Crippen molar-refractivity contribution >= 4 is 21.9 Å². The molecular weight excluding hydrogens is 260 g/mol. The average molecular weight is 276 g/mol. The molecule has 0 bridgehead atoms. The fourth-order valence-corrected chi connectivity index (χ4v) is 2.50. The van der Waals surface area contributed by atoms with Crippen molar-refractivity contribution in [3.05, 3.63) is 12.4 Å². The molecule has 0 aliphatic rings. The van der Waals surface area contributed by atoms with Crippen molar-refractivity contribution in [2.24, 2.45) is 0 Å². The quantitative estimate of drug-likeness (QED) is 0.701. The van der Waals surface area contributed by atoms with Gasteiger partial charge in [-0.25, -0.2) is 0 Å². The molecule has 1 aromatic rings. The second-order valence-corrected chi connectivity index (χ2v) is 6.19. The summed E-state index contributed by atoms with van der Waals surface area (Å²) < 4.78 is 29.1. The molecule has 9 heteroatoms. The molecule has 1 aromatic heterocycles. The summed E-state index contributed by atoms with van der Waals surface area (Å²) >= 11 is 0. The molecule has 3 N–H and O–H groups in total. The normalized spacial score (nSPS) is 12.4. The van der Waals surface area contributed by atoms with E-state index in [1.54, 1.807) is 20.8 Å². The molecule has 0 saturated carbocycles. The van der Waals surface area contributed by atoms with Crippen molar-refractivity contribution in [3.8, 4) is 0 Å². The smallest absolute Gasteiger partial charge is 0.325 e. The monoisotopic (exact) mass is 276 g/mol. The lowest BCUT2D eigenvalue weighted by atomic mass is 10.1. The van der Waals surface area contributed by atoms with Crippen molar-refractivity contribution in [3.63, 3.8) is 0 Å². The van der Waals surface area contributed by atoms with Crippen LogP contribution in [0.4, 0.5) is 5.69 Å². The maximum absolute atomic E-state index is 11.7. The summed E-state index contributed by atoms with van der Waals surface area (Å²) in [6.07, 6.45) is 2.54. The second-order valence-electron chi connectivity index (χ2n) is 4.78. The summed E-state index contributed by atoms with van der Waals surface area (Å²) in [5, 5.41) is 12.3. The van der Waals surface area contributed by atoms with Crippen LogP contribution in [0.25, 0.3) is 0 Å². The van der Waals surface area contributed by atoms with Crippen LogP contribution in [0.3, 0.4) is 0 Å². The third kappa shape index (κ3) is 5.15. The van der Waals surface area contributed by atoms with E-state index >= 15 is 0 Å². The van der Waals surface area contributed by atoms with Gasteiger partial charge >= 0.3 is 5.97 Å². The third-order valence-electron chi connectivity index (χ3n) is 1.62. The lowest BCUT2D eigenvalue weighted by Crippen LogP contribution is -2.43. The lowest BCUT2D eigenvalue weighted by molar-refractivity contribution is -0.137. The first kappa shape index (κ1) is 14.5. The van der Waals surface area contributed by atoms with Crippen LogP contribution < -0.4 is 9.44 Å². The summed E-state index contributed by atoms with van der Waals surface area (Å²) in [6.45, 7) is 4.80. The highest BCUT2D eigenvalue weighted by molar-refractivity contribution is 7.90. The maximum Gasteiger partial charge on any atom is 0.325 e. The van der Waals surface area contributed by atoms with Crippen molar-refractivity contribution in [1.82, 2.24) is 14.5 Å². The molecule has 0 amide bonds. The predicted octanol–water partition coefficient (Wildman–Crippen LogP) is 0.0125. The van der Waals surface area contributed by atoms with E-state index in [1.807, 2.05) is 0 Å². The molecule has 8 nitrogen and oxygen atoms in total. The first-order chi connectivity index (χ1) is 8.07. The van der Waals surface area contributed by atoms with Gasteiger partial charge in [0.2, 0.25) is 0 Å². The summed E-state index contributed by atoms with van der Waals surface area (Å²) in [5.74, 6) is -1.06. The highest BCUT2D eigenvalue weighted by Crippen LogP contribution is 2.09. The Labute approximate surface area is 105 Å². The topological polar surface area (TPSA) is 113 Å². The summed E-state index contributed by atoms with van der Waals surface area (Å²) in [6, 6.07) is 0. The Balaban J connectivity index is 2.73. The molecule has 1 heterocycles. The number of hydrogen-bond donors (Lipinski definition) is 3. The standard InChI is InChI=1S/C9H16N4O4S/c1-9(2,3)12-18(16,17)11-7-4-10-13(5-7)6-8(14)15/h4-5,11-12H,6H2,1-3H3,(H,14,15). The number of rotatable bonds is 5. The zero-order valence-corrected chi connectivity index (χ0v) is 11.2. The number of aliphatic carboxylic acids is 1. The first-order valence-electron chi connectivity index (χ1n) is 5.13. The number of carboxylic acids is 1. The largest absolute Gasteiger partial charge is 0.480 e. The van der Waals surface area contributed by atoms with Crippen LogP contribution in [0.1, 0.15) is 20.8 Å². The van der Waals surface area contributed by atoms with E-state index in [9.17, 15) is 13.2 Å². The van der Waals surface area contributed by atoms with Crippen molar-refractivity contribution in [2.45, 2.75) is 32.9 Å². The van der Waals surface area contributed by atoms with E-state index in [1.165, 1.54) is 12.4 Å². The second kappa shape index (κ2) is 4.94. The molecule has 0 aliphatic carbocycles. The van der Waals surface area contributed by atoms with Gasteiger partial charge < -0.3 is 5.11 Å². The molecule has 0 aromatic carbocycles. The average Bonchev–Trinajstić information content (AvgIpc) is 2.44. The Hall–Kier alpha value is -1.61. The minimum atomic E-state index is -3.71. The van der Waals surface area contributed by atoms with Crippen LogP contribution in [0.2, 0.25) is 0 Å². The van der Waals surface area contributed by atoms with Gasteiger partial charge in [0.1, 0.15) is 6.54 Å². The van der Waals surface area contributed by atoms with Crippen LogP contribution in [-0.4, -0.2) is 34.8 Å². The van der Waals surface area contributed by atoms with E-state index in [4.69, 9.17) is 5.11 Å². The molecule has 0 atom stereocenters. The summed E-state index contributed by atoms with van der Waals surface area (Å²) in [5.41, 5.74) is -0.406. The van der Waals surface area contributed by atoms with Gasteiger partial charge in [-0.1, -0.05) is 0 Å². The van der Waals surface area contributed by atoms with Gasteiger partial charge in [0, 0.05) is 11.7 Å². The van der Waals surface area contributed by atoms with Gasteiger partial charge in [0.05, 0.1) is 11.9 Å². The van der Waals surface area contributed by atoms with Crippen LogP contribution >= 0.6 is 0 Å². The van der Waals surface area contributed by atoms with E-state index in [-0.39, 0.29) is 12.2 Å². The molecule has 0 spiro atoms. The van der Waals surface area contributed by atoms with E-state index < -0.39 is 21.7 Å². The SMILES string of the molecule is CC(C)(C)NS(=O)(=O)Nc1cnn(CC(=O)O)c1. The molecule has 0 aliphatic heterocycles. The molecule has 0 radical (unpaired) electrons. The van der Waals surface area contributed by atoms with Crippen molar-refractivity contribution < 1.29 is 18.3 Å². The summed E-state index contributed by atoms with van der Waals surface area (Å²) in [4.78, 5) is 10.4.